The second-order valence-electron chi connectivity index (χ2n) is 5.12. The fourth-order valence-corrected chi connectivity index (χ4v) is 2.73. The van der Waals surface area contributed by atoms with Crippen molar-refractivity contribution in [2.75, 3.05) is 19.5 Å². The molecular formula is C13H18N4O4. The molecule has 8 nitrogen and oxygen atoms in total. The van der Waals surface area contributed by atoms with Crippen LogP contribution in [0.15, 0.2) is 6.20 Å². The number of aromatic nitrogens is 3. The van der Waals surface area contributed by atoms with Crippen LogP contribution in [0.25, 0.3) is 11.0 Å². The van der Waals surface area contributed by atoms with Crippen LogP contribution in [-0.2, 0) is 4.74 Å². The molecule has 2 aromatic rings. The molecule has 1 fully saturated rings. The van der Waals surface area contributed by atoms with Crippen LogP contribution in [0.5, 0.6) is 5.88 Å². The van der Waals surface area contributed by atoms with Gasteiger partial charge in [0.15, 0.2) is 5.65 Å². The summed E-state index contributed by atoms with van der Waals surface area (Å²) in [5, 5.41) is 19.8. The minimum absolute atomic E-state index is 0.107. The number of nitrogens with two attached hydrogens (primary N) is 1. The Morgan fingerprint density at radius 2 is 2.29 bits per heavy atom. The summed E-state index contributed by atoms with van der Waals surface area (Å²) in [5.41, 5.74) is 7.23. The SMILES string of the molecule is COc1nc(N)nc2c1c(C)cn2[C@H]1C[C@H](O)[C@@H](CO)O1. The van der Waals surface area contributed by atoms with Gasteiger partial charge in [-0.15, -0.1) is 0 Å². The van der Waals surface area contributed by atoms with Gasteiger partial charge in [0.1, 0.15) is 12.3 Å². The molecular weight excluding hydrogens is 276 g/mol. The lowest BCUT2D eigenvalue weighted by atomic mass is 10.2. The molecule has 0 aromatic carbocycles. The molecule has 3 atom stereocenters. The van der Waals surface area contributed by atoms with Crippen molar-refractivity contribution in [1.29, 1.82) is 0 Å². The van der Waals surface area contributed by atoms with Crippen LogP contribution >= 0.6 is 0 Å². The first kappa shape index (κ1) is 14.1. The van der Waals surface area contributed by atoms with E-state index >= 15 is 0 Å². The minimum Gasteiger partial charge on any atom is -0.480 e. The lowest BCUT2D eigenvalue weighted by Gasteiger charge is -2.14. The summed E-state index contributed by atoms with van der Waals surface area (Å²) in [6, 6.07) is 0. The number of aliphatic hydroxyl groups excluding tert-OH is 2. The van der Waals surface area contributed by atoms with E-state index in [2.05, 4.69) is 9.97 Å². The molecule has 8 heteroatoms. The van der Waals surface area contributed by atoms with Crippen molar-refractivity contribution in [3.8, 4) is 5.88 Å². The fraction of sp³-hybridized carbons (Fsp3) is 0.538. The third kappa shape index (κ3) is 2.21. The summed E-state index contributed by atoms with van der Waals surface area (Å²) < 4.78 is 12.7. The summed E-state index contributed by atoms with van der Waals surface area (Å²) in [4.78, 5) is 8.32. The molecule has 1 saturated heterocycles. The third-order valence-electron chi connectivity index (χ3n) is 3.73. The Bertz CT molecular complexity index is 672. The van der Waals surface area contributed by atoms with Crippen LogP contribution in [0, 0.1) is 6.92 Å². The smallest absolute Gasteiger partial charge is 0.227 e. The van der Waals surface area contributed by atoms with Gasteiger partial charge in [0.2, 0.25) is 11.8 Å². The van der Waals surface area contributed by atoms with Gasteiger partial charge in [0, 0.05) is 12.6 Å². The van der Waals surface area contributed by atoms with E-state index in [4.69, 9.17) is 15.2 Å². The average molecular weight is 294 g/mol. The number of ether oxygens (including phenoxy) is 2. The zero-order chi connectivity index (χ0) is 15.1. The number of methoxy groups -OCH3 is 1. The maximum Gasteiger partial charge on any atom is 0.227 e. The highest BCUT2D eigenvalue weighted by Gasteiger charge is 2.35. The van der Waals surface area contributed by atoms with E-state index in [1.54, 1.807) is 4.57 Å². The quantitative estimate of drug-likeness (QED) is 0.728. The molecule has 0 amide bonds. The van der Waals surface area contributed by atoms with E-state index < -0.39 is 18.4 Å². The maximum absolute atomic E-state index is 9.87. The Hall–Kier alpha value is -1.90. The lowest BCUT2D eigenvalue weighted by molar-refractivity contribution is -0.0430. The fourth-order valence-electron chi connectivity index (χ4n) is 2.73. The van der Waals surface area contributed by atoms with Crippen molar-refractivity contribution in [2.24, 2.45) is 0 Å². The number of fused-ring (bicyclic) bond motifs is 1. The van der Waals surface area contributed by atoms with E-state index in [1.807, 2.05) is 13.1 Å². The minimum atomic E-state index is -0.709. The number of hydrogen-bond acceptors (Lipinski definition) is 7. The molecule has 1 aliphatic rings. The Morgan fingerprint density at radius 3 is 2.90 bits per heavy atom. The predicted molar refractivity (Wildman–Crippen MR) is 74.8 cm³/mol. The summed E-state index contributed by atoms with van der Waals surface area (Å²) in [7, 11) is 1.52. The first-order chi connectivity index (χ1) is 10.0. The highest BCUT2D eigenvalue weighted by molar-refractivity contribution is 5.86. The van der Waals surface area contributed by atoms with Crippen LogP contribution in [-0.4, -0.2) is 50.7 Å². The maximum atomic E-state index is 9.87. The molecule has 4 N–H and O–H groups in total. The van der Waals surface area contributed by atoms with Crippen molar-refractivity contribution in [1.82, 2.24) is 14.5 Å². The van der Waals surface area contributed by atoms with Gasteiger partial charge in [0.05, 0.1) is 25.2 Å². The van der Waals surface area contributed by atoms with Crippen molar-refractivity contribution in [2.45, 2.75) is 31.8 Å². The van der Waals surface area contributed by atoms with Crippen molar-refractivity contribution in [3.05, 3.63) is 11.8 Å². The number of hydrogen-bond donors (Lipinski definition) is 3. The van der Waals surface area contributed by atoms with E-state index in [-0.39, 0.29) is 12.6 Å². The zero-order valence-electron chi connectivity index (χ0n) is 11.9. The Balaban J connectivity index is 2.10. The van der Waals surface area contributed by atoms with Crippen LogP contribution in [0.3, 0.4) is 0 Å². The highest BCUT2D eigenvalue weighted by atomic mass is 16.5. The average Bonchev–Trinajstić information content (AvgIpc) is 2.98. The van der Waals surface area contributed by atoms with Gasteiger partial charge in [-0.2, -0.15) is 9.97 Å². The number of anilines is 1. The number of nitrogen functional groups attached to an aromatic ring is 1. The van der Waals surface area contributed by atoms with Gasteiger partial charge in [-0.25, -0.2) is 0 Å². The van der Waals surface area contributed by atoms with E-state index in [0.717, 1.165) is 10.9 Å². The standard InChI is InChI=1S/C13H18N4O4/c1-6-4-17(9-3-7(19)8(5-18)21-9)11-10(6)12(20-2)16-13(14)15-11/h4,7-9,18-19H,3,5H2,1-2H3,(H2,14,15,16)/t7-,8+,9+/m0/s1. The second kappa shape index (κ2) is 5.14. The van der Waals surface area contributed by atoms with E-state index in [1.165, 1.54) is 7.11 Å². The molecule has 1 aliphatic heterocycles. The molecule has 2 aromatic heterocycles. The molecule has 3 heterocycles. The lowest BCUT2D eigenvalue weighted by Crippen LogP contribution is -2.24. The van der Waals surface area contributed by atoms with Crippen molar-refractivity contribution in [3.63, 3.8) is 0 Å². The van der Waals surface area contributed by atoms with Crippen LogP contribution < -0.4 is 10.5 Å². The van der Waals surface area contributed by atoms with Gasteiger partial charge >= 0.3 is 0 Å². The zero-order valence-corrected chi connectivity index (χ0v) is 11.9. The number of aryl methyl sites for hydroxylation is 1. The molecule has 0 spiro atoms. The van der Waals surface area contributed by atoms with E-state index in [0.29, 0.717) is 17.9 Å². The Labute approximate surface area is 121 Å². The van der Waals surface area contributed by atoms with Gasteiger partial charge < -0.3 is 30.0 Å². The van der Waals surface area contributed by atoms with Crippen LogP contribution in [0.1, 0.15) is 18.2 Å². The Morgan fingerprint density at radius 1 is 1.52 bits per heavy atom. The number of aliphatic hydroxyl groups is 2. The molecule has 3 rings (SSSR count). The second-order valence-corrected chi connectivity index (χ2v) is 5.12. The van der Waals surface area contributed by atoms with Crippen LogP contribution in [0.4, 0.5) is 5.95 Å². The Kier molecular flexibility index (Phi) is 3.44. The molecule has 0 unspecified atom stereocenters. The first-order valence-electron chi connectivity index (χ1n) is 6.68. The number of nitrogens with zero attached hydrogens (tertiary/aromatic N) is 3. The first-order valence-corrected chi connectivity index (χ1v) is 6.68. The molecule has 0 aliphatic carbocycles. The van der Waals surface area contributed by atoms with Gasteiger partial charge in [-0.05, 0) is 12.5 Å². The van der Waals surface area contributed by atoms with Gasteiger partial charge in [0.25, 0.3) is 0 Å². The third-order valence-corrected chi connectivity index (χ3v) is 3.73. The summed E-state index contributed by atoms with van der Waals surface area (Å²) >= 11 is 0. The van der Waals surface area contributed by atoms with Gasteiger partial charge in [-0.1, -0.05) is 0 Å². The molecule has 21 heavy (non-hydrogen) atoms. The normalized spacial score (nSPS) is 25.6. The molecule has 0 saturated carbocycles. The summed E-state index contributed by atoms with van der Waals surface area (Å²) in [5.74, 6) is 0.516. The largest absolute Gasteiger partial charge is 0.480 e. The molecule has 114 valence electrons. The summed E-state index contributed by atoms with van der Waals surface area (Å²) in [6.07, 6.45) is 0.527. The van der Waals surface area contributed by atoms with Crippen LogP contribution in [0.2, 0.25) is 0 Å². The van der Waals surface area contributed by atoms with Crippen molar-refractivity contribution < 1.29 is 19.7 Å². The molecule has 0 radical (unpaired) electrons. The van der Waals surface area contributed by atoms with Gasteiger partial charge in [-0.3, -0.25) is 0 Å². The highest BCUT2D eigenvalue weighted by Crippen LogP contribution is 2.35. The van der Waals surface area contributed by atoms with Crippen molar-refractivity contribution >= 4 is 17.0 Å². The number of rotatable bonds is 3. The summed E-state index contributed by atoms with van der Waals surface area (Å²) in [6.45, 7) is 1.69. The molecule has 0 bridgehead atoms. The topological polar surface area (TPSA) is 116 Å². The monoisotopic (exact) mass is 294 g/mol. The predicted octanol–water partition coefficient (Wildman–Crippen LogP) is -0.0288. The van der Waals surface area contributed by atoms with E-state index in [9.17, 15) is 10.2 Å².